The maximum atomic E-state index is 10.4. The molecule has 20 heavy (non-hydrogen) atoms. The van der Waals surface area contributed by atoms with Crippen LogP contribution in [0, 0.1) is 6.92 Å². The zero-order chi connectivity index (χ0) is 14.4. The van der Waals surface area contributed by atoms with E-state index in [9.17, 15) is 4.79 Å². The van der Waals surface area contributed by atoms with Gasteiger partial charge < -0.3 is 9.84 Å². The van der Waals surface area contributed by atoms with Crippen LogP contribution in [0.3, 0.4) is 0 Å². The lowest BCUT2D eigenvalue weighted by Crippen LogP contribution is -2.00. The highest BCUT2D eigenvalue weighted by Gasteiger charge is 2.01. The summed E-state index contributed by atoms with van der Waals surface area (Å²) in [6.45, 7) is 2.59. The summed E-state index contributed by atoms with van der Waals surface area (Å²) < 4.78 is 5.63. The van der Waals surface area contributed by atoms with Crippen LogP contribution in [-0.4, -0.2) is 22.7 Å². The highest BCUT2D eigenvalue weighted by molar-refractivity contribution is 7.12. The first kappa shape index (κ1) is 14.3. The standard InChI is InChI=1S/C15H15NO3S/c1-11-2-4-12(5-3-11)19-9-8-14-16-10-13(20-14)6-7-15(17)18/h2-7,10H,8-9H2,1H3,(H,17,18)/b7-6+. The summed E-state index contributed by atoms with van der Waals surface area (Å²) in [5, 5.41) is 9.48. The number of aryl methyl sites for hydroxylation is 1. The van der Waals surface area contributed by atoms with E-state index in [0.717, 1.165) is 21.7 Å². The van der Waals surface area contributed by atoms with Gasteiger partial charge in [0.15, 0.2) is 0 Å². The molecule has 1 N–H and O–H groups in total. The van der Waals surface area contributed by atoms with E-state index in [4.69, 9.17) is 9.84 Å². The molecule has 104 valence electrons. The lowest BCUT2D eigenvalue weighted by molar-refractivity contribution is -0.131. The normalized spacial score (nSPS) is 10.8. The highest BCUT2D eigenvalue weighted by atomic mass is 32.1. The van der Waals surface area contributed by atoms with E-state index < -0.39 is 5.97 Å². The maximum absolute atomic E-state index is 10.4. The molecule has 0 saturated heterocycles. The zero-order valence-corrected chi connectivity index (χ0v) is 11.9. The number of carboxylic acids is 1. The van der Waals surface area contributed by atoms with E-state index in [1.807, 2.05) is 31.2 Å². The van der Waals surface area contributed by atoms with Crippen LogP contribution in [0.5, 0.6) is 5.75 Å². The van der Waals surface area contributed by atoms with E-state index >= 15 is 0 Å². The molecule has 1 aromatic carbocycles. The summed E-state index contributed by atoms with van der Waals surface area (Å²) in [5.74, 6) is -0.110. The number of hydrogen-bond donors (Lipinski definition) is 1. The molecule has 2 rings (SSSR count). The molecule has 0 bridgehead atoms. The highest BCUT2D eigenvalue weighted by Crippen LogP contribution is 2.16. The molecule has 0 aliphatic heterocycles. The van der Waals surface area contributed by atoms with Crippen molar-refractivity contribution >= 4 is 23.4 Å². The second kappa shape index (κ2) is 6.86. The number of ether oxygens (including phenoxy) is 1. The van der Waals surface area contributed by atoms with Gasteiger partial charge in [0.2, 0.25) is 0 Å². The van der Waals surface area contributed by atoms with E-state index in [-0.39, 0.29) is 0 Å². The van der Waals surface area contributed by atoms with E-state index in [1.165, 1.54) is 16.9 Å². The Bertz CT molecular complexity index is 602. The van der Waals surface area contributed by atoms with E-state index in [1.54, 1.807) is 12.3 Å². The number of aromatic nitrogens is 1. The molecular weight excluding hydrogens is 274 g/mol. The van der Waals surface area contributed by atoms with E-state index in [2.05, 4.69) is 4.98 Å². The Morgan fingerprint density at radius 2 is 2.15 bits per heavy atom. The van der Waals surface area contributed by atoms with Crippen molar-refractivity contribution in [3.05, 3.63) is 52.0 Å². The van der Waals surface area contributed by atoms with Crippen molar-refractivity contribution in [1.29, 1.82) is 0 Å². The molecule has 0 amide bonds. The molecular formula is C15H15NO3S. The molecule has 0 saturated carbocycles. The molecule has 0 fully saturated rings. The number of nitrogens with zero attached hydrogens (tertiary/aromatic N) is 1. The topological polar surface area (TPSA) is 59.4 Å². The van der Waals surface area contributed by atoms with Crippen LogP contribution in [0.2, 0.25) is 0 Å². The van der Waals surface area contributed by atoms with Crippen molar-refractivity contribution < 1.29 is 14.6 Å². The minimum absolute atomic E-state index is 0.554. The molecule has 0 aliphatic carbocycles. The van der Waals surface area contributed by atoms with Gasteiger partial charge in [-0.3, -0.25) is 0 Å². The summed E-state index contributed by atoms with van der Waals surface area (Å²) in [7, 11) is 0. The summed E-state index contributed by atoms with van der Waals surface area (Å²) in [4.78, 5) is 15.5. The summed E-state index contributed by atoms with van der Waals surface area (Å²) in [6, 6.07) is 7.90. The van der Waals surface area contributed by atoms with Gasteiger partial charge in [0, 0.05) is 23.6 Å². The molecule has 0 atom stereocenters. The predicted molar refractivity (Wildman–Crippen MR) is 79.2 cm³/mol. The fraction of sp³-hybridized carbons (Fsp3) is 0.200. The van der Waals surface area contributed by atoms with Crippen LogP contribution < -0.4 is 4.74 Å². The Labute approximate surface area is 121 Å². The number of aliphatic carboxylic acids is 1. The molecule has 0 spiro atoms. The van der Waals surface area contributed by atoms with Crippen LogP contribution in [0.15, 0.2) is 36.5 Å². The van der Waals surface area contributed by atoms with Crippen molar-refractivity contribution in [2.75, 3.05) is 6.61 Å². The molecule has 1 heterocycles. The van der Waals surface area contributed by atoms with Crippen LogP contribution in [0.4, 0.5) is 0 Å². The monoisotopic (exact) mass is 289 g/mol. The van der Waals surface area contributed by atoms with Gasteiger partial charge in [0.25, 0.3) is 0 Å². The fourth-order valence-electron chi connectivity index (χ4n) is 1.56. The van der Waals surface area contributed by atoms with Gasteiger partial charge in [-0.2, -0.15) is 0 Å². The molecule has 0 unspecified atom stereocenters. The van der Waals surface area contributed by atoms with Crippen molar-refractivity contribution in [2.24, 2.45) is 0 Å². The van der Waals surface area contributed by atoms with Crippen LogP contribution >= 0.6 is 11.3 Å². The Morgan fingerprint density at radius 3 is 2.85 bits per heavy atom. The second-order valence-electron chi connectivity index (χ2n) is 4.24. The van der Waals surface area contributed by atoms with Gasteiger partial charge in [-0.25, -0.2) is 9.78 Å². The predicted octanol–water partition coefficient (Wildman–Crippen LogP) is 3.17. The Kier molecular flexibility index (Phi) is 4.90. The number of carbonyl (C=O) groups is 1. The van der Waals surface area contributed by atoms with Gasteiger partial charge in [-0.15, -0.1) is 11.3 Å². The minimum atomic E-state index is -0.956. The number of thiazole rings is 1. The molecule has 0 radical (unpaired) electrons. The van der Waals surface area contributed by atoms with Gasteiger partial charge in [-0.1, -0.05) is 17.7 Å². The first-order valence-corrected chi connectivity index (χ1v) is 7.00. The average molecular weight is 289 g/mol. The van der Waals surface area contributed by atoms with Gasteiger partial charge in [0.05, 0.1) is 11.6 Å². The molecule has 2 aromatic rings. The van der Waals surface area contributed by atoms with Crippen molar-refractivity contribution in [2.45, 2.75) is 13.3 Å². The maximum Gasteiger partial charge on any atom is 0.328 e. The number of hydrogen-bond acceptors (Lipinski definition) is 4. The number of rotatable bonds is 6. The van der Waals surface area contributed by atoms with Gasteiger partial charge in [-0.05, 0) is 25.1 Å². The summed E-state index contributed by atoms with van der Waals surface area (Å²) in [5.41, 5.74) is 1.20. The third-order valence-electron chi connectivity index (χ3n) is 2.57. The molecule has 1 aromatic heterocycles. The van der Waals surface area contributed by atoms with E-state index in [0.29, 0.717) is 13.0 Å². The molecule has 4 nitrogen and oxygen atoms in total. The average Bonchev–Trinajstić information content (AvgIpc) is 2.87. The lowest BCUT2D eigenvalue weighted by atomic mass is 10.2. The quantitative estimate of drug-likeness (QED) is 0.830. The Morgan fingerprint density at radius 1 is 1.40 bits per heavy atom. The summed E-state index contributed by atoms with van der Waals surface area (Å²) >= 11 is 1.47. The SMILES string of the molecule is Cc1ccc(OCCc2ncc(/C=C/C(=O)O)s2)cc1. The summed E-state index contributed by atoms with van der Waals surface area (Å²) in [6.07, 6.45) is 5.04. The lowest BCUT2D eigenvalue weighted by Gasteiger charge is -2.04. The Hall–Kier alpha value is -2.14. The first-order valence-electron chi connectivity index (χ1n) is 6.18. The van der Waals surface area contributed by atoms with Crippen molar-refractivity contribution in [3.63, 3.8) is 0 Å². The van der Waals surface area contributed by atoms with Crippen molar-refractivity contribution in [1.82, 2.24) is 4.98 Å². The first-order chi connectivity index (χ1) is 9.63. The number of benzene rings is 1. The largest absolute Gasteiger partial charge is 0.493 e. The van der Waals surface area contributed by atoms with Crippen LogP contribution in [-0.2, 0) is 11.2 Å². The second-order valence-corrected chi connectivity index (χ2v) is 5.39. The minimum Gasteiger partial charge on any atom is -0.493 e. The smallest absolute Gasteiger partial charge is 0.328 e. The third-order valence-corrected chi connectivity index (χ3v) is 3.59. The molecule has 5 heteroatoms. The fourth-order valence-corrected chi connectivity index (χ4v) is 2.37. The van der Waals surface area contributed by atoms with Crippen molar-refractivity contribution in [3.8, 4) is 5.75 Å². The number of carboxylic acid groups (broad SMARTS) is 1. The van der Waals surface area contributed by atoms with Crippen LogP contribution in [0.1, 0.15) is 15.4 Å². The third kappa shape index (κ3) is 4.51. The van der Waals surface area contributed by atoms with Gasteiger partial charge >= 0.3 is 5.97 Å². The van der Waals surface area contributed by atoms with Gasteiger partial charge in [0.1, 0.15) is 5.75 Å². The Balaban J connectivity index is 1.82. The van der Waals surface area contributed by atoms with Crippen LogP contribution in [0.25, 0.3) is 6.08 Å². The molecule has 0 aliphatic rings. The zero-order valence-electron chi connectivity index (χ0n) is 11.1.